The van der Waals surface area contributed by atoms with Gasteiger partial charge in [0.1, 0.15) is 18.7 Å². The van der Waals surface area contributed by atoms with Gasteiger partial charge in [0, 0.05) is 11.6 Å². The molecule has 0 spiro atoms. The molecule has 2 atom stereocenters. The number of rotatable bonds is 11. The number of ether oxygens (including phenoxy) is 1. The lowest BCUT2D eigenvalue weighted by atomic mass is 10.1. The molecular weight excluding hydrogens is 520 g/mol. The molecule has 0 radical (unpaired) electrons. The Labute approximate surface area is 210 Å². The van der Waals surface area contributed by atoms with Crippen LogP contribution in [-0.2, 0) is 14.4 Å². The number of Topliss-reactive ketones (excluding diaryl/α,β-unsaturated/α-hetero) is 1. The largest absolute Gasteiger partial charge is 0.481 e. The zero-order valence-corrected chi connectivity index (χ0v) is 19.3. The zero-order chi connectivity index (χ0) is 28.0. The van der Waals surface area contributed by atoms with Crippen LogP contribution in [0.5, 0.6) is 5.75 Å². The highest BCUT2D eigenvalue weighted by Gasteiger charge is 2.29. The van der Waals surface area contributed by atoms with Crippen molar-refractivity contribution >= 4 is 23.6 Å². The number of amides is 2. The van der Waals surface area contributed by atoms with Crippen LogP contribution in [0.25, 0.3) is 11.5 Å². The van der Waals surface area contributed by atoms with Crippen LogP contribution in [0.1, 0.15) is 24.0 Å². The predicted molar refractivity (Wildman–Crippen MR) is 118 cm³/mol. The number of nitrogens with one attached hydrogen (secondary N) is 2. The number of carboxylic acid groups (broad SMARTS) is 1. The Kier molecular flexibility index (Phi) is 8.73. The zero-order valence-electron chi connectivity index (χ0n) is 19.3. The minimum Gasteiger partial charge on any atom is -0.481 e. The lowest BCUT2D eigenvalue weighted by molar-refractivity contribution is -0.140. The fourth-order valence-corrected chi connectivity index (χ4v) is 2.97. The first-order chi connectivity index (χ1) is 18.0. The number of carboxylic acids is 1. The maximum absolute atomic E-state index is 13.7. The van der Waals surface area contributed by atoms with E-state index in [2.05, 4.69) is 25.6 Å². The molecule has 0 bridgehead atoms. The molecule has 0 aliphatic heterocycles. The maximum atomic E-state index is 13.7. The number of carbonyl (C=O) groups is 4. The molecule has 11 nitrogen and oxygen atoms in total. The van der Waals surface area contributed by atoms with Crippen LogP contribution in [0, 0.1) is 23.3 Å². The average molecular weight is 538 g/mol. The number of aliphatic carboxylic acids is 1. The van der Waals surface area contributed by atoms with Crippen molar-refractivity contribution in [1.82, 2.24) is 20.8 Å². The van der Waals surface area contributed by atoms with Crippen molar-refractivity contribution in [2.45, 2.75) is 25.4 Å². The molecule has 3 N–H and O–H groups in total. The van der Waals surface area contributed by atoms with Crippen molar-refractivity contribution in [2.24, 2.45) is 0 Å². The van der Waals surface area contributed by atoms with Gasteiger partial charge < -0.3 is 24.9 Å². The van der Waals surface area contributed by atoms with Crippen LogP contribution in [0.4, 0.5) is 17.6 Å². The quantitative estimate of drug-likeness (QED) is 0.245. The maximum Gasteiger partial charge on any atom is 0.309 e. The van der Waals surface area contributed by atoms with Gasteiger partial charge in [-0.3, -0.25) is 19.2 Å². The molecule has 2 amide bonds. The van der Waals surface area contributed by atoms with Crippen LogP contribution >= 0.6 is 0 Å². The van der Waals surface area contributed by atoms with Crippen LogP contribution in [0.2, 0.25) is 0 Å². The number of hydrogen-bond acceptors (Lipinski definition) is 8. The fourth-order valence-electron chi connectivity index (χ4n) is 2.97. The topological polar surface area (TPSA) is 161 Å². The van der Waals surface area contributed by atoms with Crippen molar-refractivity contribution in [3.63, 3.8) is 0 Å². The third-order valence-electron chi connectivity index (χ3n) is 4.90. The molecule has 1 heterocycles. The molecule has 0 saturated carbocycles. The molecule has 0 aliphatic carbocycles. The summed E-state index contributed by atoms with van der Waals surface area (Å²) in [6.07, 6.45) is -0.985. The van der Waals surface area contributed by atoms with Gasteiger partial charge in [-0.15, -0.1) is 10.2 Å². The van der Waals surface area contributed by atoms with Gasteiger partial charge in [-0.1, -0.05) is 18.2 Å². The van der Waals surface area contributed by atoms with E-state index in [0.29, 0.717) is 5.56 Å². The molecule has 15 heteroatoms. The molecule has 0 fully saturated rings. The normalized spacial score (nSPS) is 12.3. The van der Waals surface area contributed by atoms with Crippen molar-refractivity contribution in [3.8, 4) is 17.2 Å². The molecular formula is C23H18F4N4O7. The Morgan fingerprint density at radius 1 is 1.00 bits per heavy atom. The molecule has 3 aromatic rings. The van der Waals surface area contributed by atoms with E-state index >= 15 is 0 Å². The van der Waals surface area contributed by atoms with Gasteiger partial charge in [0.15, 0.2) is 23.2 Å². The summed E-state index contributed by atoms with van der Waals surface area (Å²) in [4.78, 5) is 48.5. The van der Waals surface area contributed by atoms with E-state index in [0.717, 1.165) is 0 Å². The number of aromatic nitrogens is 2. The van der Waals surface area contributed by atoms with Crippen LogP contribution < -0.4 is 15.4 Å². The smallest absolute Gasteiger partial charge is 0.309 e. The summed E-state index contributed by atoms with van der Waals surface area (Å²) in [7, 11) is 0. The minimum absolute atomic E-state index is 0.0334. The van der Waals surface area contributed by atoms with E-state index in [1.54, 1.807) is 30.3 Å². The van der Waals surface area contributed by atoms with Crippen molar-refractivity contribution in [2.75, 3.05) is 6.61 Å². The Morgan fingerprint density at radius 3 is 2.24 bits per heavy atom. The van der Waals surface area contributed by atoms with Crippen LogP contribution in [0.15, 0.2) is 40.8 Å². The van der Waals surface area contributed by atoms with E-state index < -0.39 is 83.6 Å². The third kappa shape index (κ3) is 6.68. The van der Waals surface area contributed by atoms with Crippen molar-refractivity contribution in [3.05, 3.63) is 65.6 Å². The number of ketones is 1. The summed E-state index contributed by atoms with van der Waals surface area (Å²) >= 11 is 0. The lowest BCUT2D eigenvalue weighted by Crippen LogP contribution is -2.51. The molecule has 0 unspecified atom stereocenters. The number of nitrogens with zero attached hydrogens (tertiary/aromatic N) is 2. The van der Waals surface area contributed by atoms with Crippen molar-refractivity contribution < 1.29 is 51.0 Å². The second kappa shape index (κ2) is 11.9. The SMILES string of the molecule is C[C@H](NC(=O)c1nnc(-c2ccccc2)o1)C(=O)N[C@@H](CC(=O)O)C(=O)COc1c(F)c(F)cc(F)c1F. The number of hydrogen-bond donors (Lipinski definition) is 3. The number of benzene rings is 2. The Balaban J connectivity index is 1.63. The molecule has 0 aliphatic rings. The van der Waals surface area contributed by atoms with E-state index in [9.17, 15) is 36.7 Å². The molecule has 2 aromatic carbocycles. The highest BCUT2D eigenvalue weighted by Crippen LogP contribution is 2.26. The summed E-state index contributed by atoms with van der Waals surface area (Å²) < 4.78 is 63.9. The van der Waals surface area contributed by atoms with Crippen LogP contribution in [-0.4, -0.2) is 57.6 Å². The first kappa shape index (κ1) is 27.8. The van der Waals surface area contributed by atoms with E-state index in [1.807, 2.05) is 0 Å². The second-order valence-corrected chi connectivity index (χ2v) is 7.68. The van der Waals surface area contributed by atoms with Gasteiger partial charge in [0.25, 0.3) is 0 Å². The summed E-state index contributed by atoms with van der Waals surface area (Å²) in [5, 5.41) is 20.7. The number of halogens is 4. The molecule has 3 rings (SSSR count). The third-order valence-corrected chi connectivity index (χ3v) is 4.90. The highest BCUT2D eigenvalue weighted by molar-refractivity contribution is 5.97. The van der Waals surface area contributed by atoms with E-state index in [1.165, 1.54) is 6.92 Å². The monoisotopic (exact) mass is 538 g/mol. The molecule has 1 aromatic heterocycles. The molecule has 38 heavy (non-hydrogen) atoms. The fraction of sp³-hybridized carbons (Fsp3) is 0.217. The van der Waals surface area contributed by atoms with Gasteiger partial charge in [-0.25, -0.2) is 8.78 Å². The first-order valence-electron chi connectivity index (χ1n) is 10.7. The lowest BCUT2D eigenvalue weighted by Gasteiger charge is -2.19. The highest BCUT2D eigenvalue weighted by atomic mass is 19.2. The van der Waals surface area contributed by atoms with Gasteiger partial charge in [-0.2, -0.15) is 8.78 Å². The van der Waals surface area contributed by atoms with Gasteiger partial charge >= 0.3 is 17.8 Å². The Morgan fingerprint density at radius 2 is 1.63 bits per heavy atom. The standard InChI is InChI=1S/C23H18F4N4O7/c1-10(28-21(36)23-31-30-22(38-23)11-5-3-2-4-6-11)20(35)29-14(8-16(33)34)15(32)9-37-19-17(26)12(24)7-13(25)18(19)27/h2-7,10,14H,8-9H2,1H3,(H,28,36)(H,29,35)(H,33,34)/t10-,14-/m0/s1. The van der Waals surface area contributed by atoms with E-state index in [-0.39, 0.29) is 12.0 Å². The van der Waals surface area contributed by atoms with E-state index in [4.69, 9.17) is 9.52 Å². The van der Waals surface area contributed by atoms with Gasteiger partial charge in [0.2, 0.25) is 23.4 Å². The Bertz CT molecular complexity index is 1340. The minimum atomic E-state index is -1.91. The summed E-state index contributed by atoms with van der Waals surface area (Å²) in [5.41, 5.74) is 0.530. The Hall–Kier alpha value is -4.82. The van der Waals surface area contributed by atoms with Gasteiger partial charge in [0.05, 0.1) is 6.42 Å². The number of carbonyl (C=O) groups excluding carboxylic acids is 3. The first-order valence-corrected chi connectivity index (χ1v) is 10.7. The molecule has 200 valence electrons. The summed E-state index contributed by atoms with van der Waals surface area (Å²) in [6, 6.07) is 5.25. The predicted octanol–water partition coefficient (Wildman–Crippen LogP) is 2.02. The average Bonchev–Trinajstić information content (AvgIpc) is 3.38. The van der Waals surface area contributed by atoms with Crippen LogP contribution in [0.3, 0.4) is 0 Å². The van der Waals surface area contributed by atoms with Gasteiger partial charge in [-0.05, 0) is 19.1 Å². The molecule has 0 saturated heterocycles. The second-order valence-electron chi connectivity index (χ2n) is 7.68. The van der Waals surface area contributed by atoms with Crippen molar-refractivity contribution in [1.29, 1.82) is 0 Å². The summed E-state index contributed by atoms with van der Waals surface area (Å²) in [6.45, 7) is -0.0548. The summed E-state index contributed by atoms with van der Waals surface area (Å²) in [5.74, 6) is -14.1.